The van der Waals surface area contributed by atoms with Gasteiger partial charge in [0.15, 0.2) is 0 Å². The van der Waals surface area contributed by atoms with Gasteiger partial charge in [0.05, 0.1) is 34.9 Å². The molecule has 0 saturated heterocycles. The fourth-order valence-corrected chi connectivity index (χ4v) is 4.29. The molecule has 0 spiro atoms. The van der Waals surface area contributed by atoms with Crippen LogP contribution in [0, 0.1) is 17.1 Å². The van der Waals surface area contributed by atoms with Crippen molar-refractivity contribution >= 4 is 11.8 Å². The number of fused-ring (bicyclic) bond motifs is 1. The highest BCUT2D eigenvalue weighted by Crippen LogP contribution is 2.47. The smallest absolute Gasteiger partial charge is 0.416 e. The van der Waals surface area contributed by atoms with E-state index in [4.69, 9.17) is 4.74 Å². The van der Waals surface area contributed by atoms with E-state index in [9.17, 15) is 40.8 Å². The van der Waals surface area contributed by atoms with Crippen LogP contribution in [0.15, 0.2) is 36.4 Å². The first kappa shape index (κ1) is 26.3. The lowest BCUT2D eigenvalue weighted by atomic mass is 9.75. The number of amides is 1. The molecule has 3 unspecified atom stereocenters. The third-order valence-corrected chi connectivity index (χ3v) is 5.73. The van der Waals surface area contributed by atoms with Crippen LogP contribution in [0.2, 0.25) is 0 Å². The predicted molar refractivity (Wildman–Crippen MR) is 112 cm³/mol. The fourth-order valence-electron chi connectivity index (χ4n) is 4.29. The Bertz CT molecular complexity index is 1120. The Labute approximate surface area is 196 Å². The third-order valence-electron chi connectivity index (χ3n) is 5.73. The number of halogens is 7. The summed E-state index contributed by atoms with van der Waals surface area (Å²) in [6, 6.07) is 5.54. The molecule has 0 N–H and O–H groups in total. The lowest BCUT2D eigenvalue weighted by Gasteiger charge is -2.40. The van der Waals surface area contributed by atoms with Gasteiger partial charge in [-0.2, -0.15) is 31.6 Å². The minimum Gasteiger partial charge on any atom is -0.446 e. The molecule has 0 bridgehead atoms. The maximum atomic E-state index is 14.2. The molecule has 35 heavy (non-hydrogen) atoms. The Morgan fingerprint density at radius 3 is 2.11 bits per heavy atom. The molecule has 3 atom stereocenters. The molecule has 1 amide bonds. The predicted octanol–water partition coefficient (Wildman–Crippen LogP) is 7.40. The number of alkyl halides is 6. The van der Waals surface area contributed by atoms with Crippen LogP contribution in [0.1, 0.15) is 61.3 Å². The number of nitriles is 1. The summed E-state index contributed by atoms with van der Waals surface area (Å²) < 4.78 is 99.8. The molecule has 11 heteroatoms. The van der Waals surface area contributed by atoms with E-state index in [0.717, 1.165) is 12.1 Å². The average molecular weight is 502 g/mol. The highest BCUT2D eigenvalue weighted by Gasteiger charge is 2.42. The number of nitrogens with zero attached hydrogens (tertiary/aromatic N) is 2. The third kappa shape index (κ3) is 5.52. The minimum absolute atomic E-state index is 0.0152. The van der Waals surface area contributed by atoms with E-state index in [0.29, 0.717) is 12.1 Å². The fraction of sp³-hybridized carbons (Fsp3) is 0.417. The van der Waals surface area contributed by atoms with Gasteiger partial charge >= 0.3 is 18.4 Å². The molecule has 3 rings (SSSR count). The van der Waals surface area contributed by atoms with Gasteiger partial charge in [0, 0.05) is 12.0 Å². The van der Waals surface area contributed by atoms with Crippen LogP contribution in [-0.4, -0.2) is 18.2 Å². The van der Waals surface area contributed by atoms with Crippen molar-refractivity contribution in [2.45, 2.75) is 63.5 Å². The Morgan fingerprint density at radius 1 is 1.06 bits per heavy atom. The molecule has 1 aliphatic heterocycles. The first-order valence-corrected chi connectivity index (χ1v) is 10.6. The van der Waals surface area contributed by atoms with Gasteiger partial charge in [-0.1, -0.05) is 0 Å². The van der Waals surface area contributed by atoms with Crippen molar-refractivity contribution in [1.29, 1.82) is 5.26 Å². The lowest BCUT2D eigenvalue weighted by Crippen LogP contribution is -2.45. The number of hydrogen-bond acceptors (Lipinski definition) is 3. The SMILES string of the molecule is CC(C)OC(=O)N1c2ccc(F)cc2C(C(C#N)c2cc(C(F)(F)F)cc(C(F)(F)F)c2)CC1C. The molecule has 2 aromatic rings. The zero-order valence-corrected chi connectivity index (χ0v) is 18.8. The van der Waals surface area contributed by atoms with E-state index in [-0.39, 0.29) is 23.7 Å². The summed E-state index contributed by atoms with van der Waals surface area (Å²) in [5.41, 5.74) is -3.31. The van der Waals surface area contributed by atoms with Gasteiger partial charge in [0.1, 0.15) is 5.82 Å². The molecule has 1 aliphatic rings. The monoisotopic (exact) mass is 502 g/mol. The van der Waals surface area contributed by atoms with Gasteiger partial charge in [0.25, 0.3) is 0 Å². The zero-order chi connectivity index (χ0) is 26.3. The second-order valence-electron chi connectivity index (χ2n) is 8.64. The Kier molecular flexibility index (Phi) is 7.07. The van der Waals surface area contributed by atoms with Gasteiger partial charge in [-0.25, -0.2) is 9.18 Å². The van der Waals surface area contributed by atoms with E-state index in [1.54, 1.807) is 20.8 Å². The number of rotatable bonds is 3. The van der Waals surface area contributed by atoms with Crippen LogP contribution in [-0.2, 0) is 17.1 Å². The number of carbonyl (C=O) groups is 1. The summed E-state index contributed by atoms with van der Waals surface area (Å²) in [4.78, 5) is 13.9. The molecule has 0 radical (unpaired) electrons. The molecule has 188 valence electrons. The van der Waals surface area contributed by atoms with Gasteiger partial charge in [-0.05, 0) is 74.7 Å². The zero-order valence-electron chi connectivity index (χ0n) is 18.8. The maximum Gasteiger partial charge on any atom is 0.416 e. The van der Waals surface area contributed by atoms with E-state index >= 15 is 0 Å². The summed E-state index contributed by atoms with van der Waals surface area (Å²) in [7, 11) is 0. The van der Waals surface area contributed by atoms with E-state index < -0.39 is 64.9 Å². The number of anilines is 1. The standard InChI is InChI=1S/C24H21F7N2O2/c1-12(2)35-22(34)33-13(3)6-18(19-10-17(25)4-5-21(19)33)20(11-32)14-7-15(23(26,27)28)9-16(8-14)24(29,30)31/h4-5,7-10,12-13,18,20H,6H2,1-3H3. The maximum absolute atomic E-state index is 14.2. The van der Waals surface area contributed by atoms with Crippen LogP contribution in [0.4, 0.5) is 41.2 Å². The van der Waals surface area contributed by atoms with Crippen LogP contribution < -0.4 is 4.90 Å². The van der Waals surface area contributed by atoms with Gasteiger partial charge in [-0.15, -0.1) is 0 Å². The van der Waals surface area contributed by atoms with Crippen molar-refractivity contribution in [1.82, 2.24) is 0 Å². The summed E-state index contributed by atoms with van der Waals surface area (Å²) in [6.07, 6.45) is -11.4. The van der Waals surface area contributed by atoms with Crippen LogP contribution in [0.25, 0.3) is 0 Å². The minimum atomic E-state index is -5.09. The Balaban J connectivity index is 2.17. The molecule has 0 aromatic heterocycles. The summed E-state index contributed by atoms with van der Waals surface area (Å²) in [5, 5.41) is 9.88. The van der Waals surface area contributed by atoms with Crippen molar-refractivity contribution in [3.63, 3.8) is 0 Å². The van der Waals surface area contributed by atoms with Crippen LogP contribution in [0.3, 0.4) is 0 Å². The van der Waals surface area contributed by atoms with E-state index in [1.807, 2.05) is 6.07 Å². The van der Waals surface area contributed by atoms with Crippen LogP contribution >= 0.6 is 0 Å². The second kappa shape index (κ2) is 9.40. The number of benzene rings is 2. The number of hydrogen-bond donors (Lipinski definition) is 0. The summed E-state index contributed by atoms with van der Waals surface area (Å²) in [5.74, 6) is -3.21. The first-order valence-electron chi connectivity index (χ1n) is 10.6. The molecule has 1 heterocycles. The normalized spacial score (nSPS) is 19.2. The van der Waals surface area contributed by atoms with Crippen molar-refractivity contribution in [2.75, 3.05) is 4.90 Å². The van der Waals surface area contributed by atoms with Crippen molar-refractivity contribution in [3.8, 4) is 6.07 Å². The Morgan fingerprint density at radius 2 is 1.63 bits per heavy atom. The number of carbonyl (C=O) groups excluding carboxylic acids is 1. The average Bonchev–Trinajstić information content (AvgIpc) is 2.72. The number of ether oxygens (including phenoxy) is 1. The molecule has 2 aromatic carbocycles. The van der Waals surface area contributed by atoms with Gasteiger partial charge in [-0.3, -0.25) is 4.90 Å². The highest BCUT2D eigenvalue weighted by molar-refractivity contribution is 5.90. The topological polar surface area (TPSA) is 53.3 Å². The summed E-state index contributed by atoms with van der Waals surface area (Å²) >= 11 is 0. The van der Waals surface area contributed by atoms with Crippen molar-refractivity contribution < 1.29 is 40.3 Å². The van der Waals surface area contributed by atoms with Gasteiger partial charge < -0.3 is 4.74 Å². The quantitative estimate of drug-likeness (QED) is 0.411. The lowest BCUT2D eigenvalue weighted by molar-refractivity contribution is -0.143. The molecule has 4 nitrogen and oxygen atoms in total. The van der Waals surface area contributed by atoms with E-state index in [1.165, 1.54) is 11.0 Å². The largest absolute Gasteiger partial charge is 0.446 e. The van der Waals surface area contributed by atoms with Gasteiger partial charge in [0.2, 0.25) is 0 Å². The molecule has 0 fully saturated rings. The summed E-state index contributed by atoms with van der Waals surface area (Å²) in [6.45, 7) is 4.85. The molecular formula is C24H21F7N2O2. The molecule has 0 aliphatic carbocycles. The highest BCUT2D eigenvalue weighted by atomic mass is 19.4. The van der Waals surface area contributed by atoms with Crippen LogP contribution in [0.5, 0.6) is 0 Å². The van der Waals surface area contributed by atoms with Crippen molar-refractivity contribution in [3.05, 3.63) is 64.5 Å². The second-order valence-corrected chi connectivity index (χ2v) is 8.64. The van der Waals surface area contributed by atoms with E-state index in [2.05, 4.69) is 0 Å². The first-order chi connectivity index (χ1) is 16.1. The van der Waals surface area contributed by atoms with Crippen molar-refractivity contribution in [2.24, 2.45) is 0 Å². The Hall–Kier alpha value is -3.29. The molecule has 0 saturated carbocycles. The molecular weight excluding hydrogens is 481 g/mol.